The van der Waals surface area contributed by atoms with E-state index in [4.69, 9.17) is 9.72 Å². The van der Waals surface area contributed by atoms with Gasteiger partial charge < -0.3 is 15.0 Å². The van der Waals surface area contributed by atoms with Crippen LogP contribution in [0, 0.1) is 0 Å². The number of nitrogens with zero attached hydrogens (tertiary/aromatic N) is 3. The summed E-state index contributed by atoms with van der Waals surface area (Å²) in [5.41, 5.74) is 1.03. The van der Waals surface area contributed by atoms with Crippen LogP contribution < -0.4 is 10.2 Å². The molecule has 1 aliphatic rings. The monoisotopic (exact) mass is 284 g/mol. The molecule has 2 heterocycles. The van der Waals surface area contributed by atoms with E-state index in [1.165, 1.54) is 0 Å². The van der Waals surface area contributed by atoms with Gasteiger partial charge in [0.1, 0.15) is 11.6 Å². The third kappa shape index (κ3) is 3.13. The fourth-order valence-corrected chi connectivity index (χ4v) is 2.47. The summed E-state index contributed by atoms with van der Waals surface area (Å²) in [5, 5.41) is 3.12. The minimum absolute atomic E-state index is 0.229. The molecule has 1 aliphatic heterocycles. The first-order valence-electron chi connectivity index (χ1n) is 7.25. The Morgan fingerprint density at radius 3 is 2.76 bits per heavy atom. The highest BCUT2D eigenvalue weighted by atomic mass is 16.5. The predicted molar refractivity (Wildman–Crippen MR) is 84.6 cm³/mol. The lowest BCUT2D eigenvalue weighted by molar-refractivity contribution is 0.0529. The van der Waals surface area contributed by atoms with Crippen LogP contribution in [0.25, 0.3) is 11.4 Å². The normalized spacial score (nSPS) is 18.6. The Morgan fingerprint density at radius 1 is 1.24 bits per heavy atom. The molecule has 5 heteroatoms. The van der Waals surface area contributed by atoms with E-state index >= 15 is 0 Å². The van der Waals surface area contributed by atoms with Crippen LogP contribution in [-0.4, -0.2) is 42.8 Å². The lowest BCUT2D eigenvalue weighted by Gasteiger charge is -2.32. The fraction of sp³-hybridized carbons (Fsp3) is 0.375. The number of anilines is 2. The molecule has 1 aromatic heterocycles. The zero-order chi connectivity index (χ0) is 14.7. The quantitative estimate of drug-likeness (QED) is 0.938. The number of hydrogen-bond acceptors (Lipinski definition) is 5. The van der Waals surface area contributed by atoms with Crippen LogP contribution in [0.5, 0.6) is 0 Å². The van der Waals surface area contributed by atoms with E-state index in [0.29, 0.717) is 0 Å². The smallest absolute Gasteiger partial charge is 0.163 e. The van der Waals surface area contributed by atoms with Crippen LogP contribution in [0.2, 0.25) is 0 Å². The molecule has 0 aliphatic carbocycles. The largest absolute Gasteiger partial charge is 0.375 e. The van der Waals surface area contributed by atoms with Crippen molar-refractivity contribution in [1.82, 2.24) is 9.97 Å². The molecule has 1 N–H and O–H groups in total. The van der Waals surface area contributed by atoms with Gasteiger partial charge in [-0.3, -0.25) is 0 Å². The van der Waals surface area contributed by atoms with E-state index in [9.17, 15) is 0 Å². The second-order valence-corrected chi connectivity index (χ2v) is 5.18. The first-order valence-corrected chi connectivity index (χ1v) is 7.25. The van der Waals surface area contributed by atoms with Crippen LogP contribution in [0.3, 0.4) is 0 Å². The first-order chi connectivity index (χ1) is 10.3. The van der Waals surface area contributed by atoms with Crippen molar-refractivity contribution >= 4 is 11.6 Å². The summed E-state index contributed by atoms with van der Waals surface area (Å²) in [6, 6.07) is 12.0. The molecule has 1 atom stereocenters. The van der Waals surface area contributed by atoms with Crippen molar-refractivity contribution < 1.29 is 4.74 Å². The zero-order valence-electron chi connectivity index (χ0n) is 12.4. The van der Waals surface area contributed by atoms with Crippen LogP contribution in [0.15, 0.2) is 36.4 Å². The van der Waals surface area contributed by atoms with Crippen molar-refractivity contribution in [3.63, 3.8) is 0 Å². The summed E-state index contributed by atoms with van der Waals surface area (Å²) in [6.45, 7) is 4.54. The SMILES string of the molecule is CNc1cc(N2CCOC(C)C2)nc(-c2ccccc2)n1. The van der Waals surface area contributed by atoms with Crippen molar-refractivity contribution in [2.45, 2.75) is 13.0 Å². The topological polar surface area (TPSA) is 50.3 Å². The Kier molecular flexibility index (Phi) is 4.01. The van der Waals surface area contributed by atoms with Crippen molar-refractivity contribution in [3.05, 3.63) is 36.4 Å². The highest BCUT2D eigenvalue weighted by Gasteiger charge is 2.19. The zero-order valence-corrected chi connectivity index (χ0v) is 12.4. The van der Waals surface area contributed by atoms with Gasteiger partial charge in [0.25, 0.3) is 0 Å². The molecular formula is C16H20N4O. The molecule has 0 radical (unpaired) electrons. The Morgan fingerprint density at radius 2 is 2.05 bits per heavy atom. The lowest BCUT2D eigenvalue weighted by Crippen LogP contribution is -2.41. The van der Waals surface area contributed by atoms with Crippen molar-refractivity contribution in [1.29, 1.82) is 0 Å². The Labute approximate surface area is 125 Å². The van der Waals surface area contributed by atoms with E-state index in [1.807, 2.05) is 43.4 Å². The maximum absolute atomic E-state index is 5.60. The minimum Gasteiger partial charge on any atom is -0.375 e. The number of morpholine rings is 1. The second-order valence-electron chi connectivity index (χ2n) is 5.18. The molecule has 0 spiro atoms. The van der Waals surface area contributed by atoms with Gasteiger partial charge in [0.2, 0.25) is 0 Å². The predicted octanol–water partition coefficient (Wildman–Crippen LogP) is 2.41. The van der Waals surface area contributed by atoms with Gasteiger partial charge in [-0.2, -0.15) is 0 Å². The van der Waals surface area contributed by atoms with Gasteiger partial charge in [-0.15, -0.1) is 0 Å². The summed E-state index contributed by atoms with van der Waals surface area (Å²) < 4.78 is 5.60. The summed E-state index contributed by atoms with van der Waals surface area (Å²) in [6.07, 6.45) is 0.229. The van der Waals surface area contributed by atoms with Crippen LogP contribution in [0.1, 0.15) is 6.92 Å². The van der Waals surface area contributed by atoms with Gasteiger partial charge in [-0.05, 0) is 6.92 Å². The van der Waals surface area contributed by atoms with Crippen molar-refractivity contribution in [3.8, 4) is 11.4 Å². The molecule has 1 saturated heterocycles. The Bertz CT molecular complexity index is 602. The van der Waals surface area contributed by atoms with E-state index in [2.05, 4.69) is 22.1 Å². The Hall–Kier alpha value is -2.14. The maximum atomic E-state index is 5.60. The summed E-state index contributed by atoms with van der Waals surface area (Å²) in [4.78, 5) is 11.5. The van der Waals surface area contributed by atoms with E-state index < -0.39 is 0 Å². The summed E-state index contributed by atoms with van der Waals surface area (Å²) in [5.74, 6) is 2.53. The molecule has 1 aromatic carbocycles. The molecule has 0 saturated carbocycles. The van der Waals surface area contributed by atoms with Crippen molar-refractivity contribution in [2.24, 2.45) is 0 Å². The highest BCUT2D eigenvalue weighted by Crippen LogP contribution is 2.23. The lowest BCUT2D eigenvalue weighted by atomic mass is 10.2. The Balaban J connectivity index is 1.97. The van der Waals surface area contributed by atoms with Crippen LogP contribution >= 0.6 is 0 Å². The third-order valence-corrected chi connectivity index (χ3v) is 3.57. The third-order valence-electron chi connectivity index (χ3n) is 3.57. The molecule has 1 fully saturated rings. The number of ether oxygens (including phenoxy) is 1. The number of nitrogens with one attached hydrogen (secondary N) is 1. The van der Waals surface area contributed by atoms with Gasteiger partial charge in [-0.25, -0.2) is 9.97 Å². The van der Waals surface area contributed by atoms with Gasteiger partial charge in [0.15, 0.2) is 5.82 Å². The number of benzene rings is 1. The van der Waals surface area contributed by atoms with Gasteiger partial charge in [0.05, 0.1) is 12.7 Å². The summed E-state index contributed by atoms with van der Waals surface area (Å²) in [7, 11) is 1.88. The maximum Gasteiger partial charge on any atom is 0.163 e. The average Bonchev–Trinajstić information content (AvgIpc) is 2.55. The highest BCUT2D eigenvalue weighted by molar-refractivity contribution is 5.61. The van der Waals surface area contributed by atoms with Crippen molar-refractivity contribution in [2.75, 3.05) is 37.0 Å². The summed E-state index contributed by atoms with van der Waals surface area (Å²) >= 11 is 0. The number of aromatic nitrogens is 2. The molecule has 1 unspecified atom stereocenters. The average molecular weight is 284 g/mol. The molecule has 21 heavy (non-hydrogen) atoms. The molecule has 0 amide bonds. The van der Waals surface area contributed by atoms with E-state index in [-0.39, 0.29) is 6.10 Å². The standard InChI is InChI=1S/C16H20N4O/c1-12-11-20(8-9-21-12)15-10-14(17-2)18-16(19-15)13-6-4-3-5-7-13/h3-7,10,12H,8-9,11H2,1-2H3,(H,17,18,19). The molecule has 3 rings (SSSR count). The van der Waals surface area contributed by atoms with Gasteiger partial charge in [0, 0.05) is 31.8 Å². The van der Waals surface area contributed by atoms with Gasteiger partial charge in [-0.1, -0.05) is 30.3 Å². The minimum atomic E-state index is 0.229. The molecule has 0 bridgehead atoms. The fourth-order valence-electron chi connectivity index (χ4n) is 2.47. The first kappa shape index (κ1) is 13.8. The van der Waals surface area contributed by atoms with Gasteiger partial charge >= 0.3 is 0 Å². The van der Waals surface area contributed by atoms with E-state index in [1.54, 1.807) is 0 Å². The molecule has 110 valence electrons. The van der Waals surface area contributed by atoms with E-state index in [0.717, 1.165) is 42.7 Å². The molecule has 2 aromatic rings. The molecular weight excluding hydrogens is 264 g/mol. The second kappa shape index (κ2) is 6.10. The number of hydrogen-bond donors (Lipinski definition) is 1. The van der Waals surface area contributed by atoms with Crippen LogP contribution in [-0.2, 0) is 4.74 Å². The molecule has 5 nitrogen and oxygen atoms in total. The van der Waals surface area contributed by atoms with Crippen LogP contribution in [0.4, 0.5) is 11.6 Å². The number of rotatable bonds is 3.